The van der Waals surface area contributed by atoms with Crippen LogP contribution in [-0.4, -0.2) is 32.8 Å². The Morgan fingerprint density at radius 2 is 1.97 bits per heavy atom. The Morgan fingerprint density at radius 1 is 1.26 bits per heavy atom. The third kappa shape index (κ3) is 4.96. The number of aryl methyl sites for hydroxylation is 1. The van der Waals surface area contributed by atoms with Gasteiger partial charge >= 0.3 is 0 Å². The van der Waals surface area contributed by atoms with E-state index in [0.717, 1.165) is 47.6 Å². The second-order valence-corrected chi connectivity index (χ2v) is 11.9. The highest BCUT2D eigenvalue weighted by atomic mass is 19.1. The summed E-state index contributed by atoms with van der Waals surface area (Å²) in [5.74, 6) is 0.0399. The first kappa shape index (κ1) is 26.4. The van der Waals surface area contributed by atoms with Crippen molar-refractivity contribution in [3.63, 3.8) is 0 Å². The molecule has 9 heteroatoms. The topological polar surface area (TPSA) is 124 Å². The number of hydrogen-bond donors (Lipinski definition) is 4. The van der Waals surface area contributed by atoms with Crippen LogP contribution in [0.4, 0.5) is 21.7 Å². The number of halogens is 1. The number of anilines is 3. The van der Waals surface area contributed by atoms with Gasteiger partial charge in [0.05, 0.1) is 22.8 Å². The Hall–Kier alpha value is -3.20. The maximum absolute atomic E-state index is 15.0. The summed E-state index contributed by atoms with van der Waals surface area (Å²) in [7, 11) is 0. The number of amides is 1. The maximum Gasteiger partial charge on any atom is 0.252 e. The van der Waals surface area contributed by atoms with Crippen molar-refractivity contribution < 1.29 is 9.18 Å². The molecule has 204 valence electrons. The van der Waals surface area contributed by atoms with Gasteiger partial charge in [-0.2, -0.15) is 5.10 Å². The lowest BCUT2D eigenvalue weighted by Gasteiger charge is -2.24. The van der Waals surface area contributed by atoms with Gasteiger partial charge in [-0.25, -0.2) is 9.37 Å². The van der Waals surface area contributed by atoms with Crippen molar-refractivity contribution in [2.24, 2.45) is 28.7 Å². The van der Waals surface area contributed by atoms with Gasteiger partial charge in [-0.15, -0.1) is 0 Å². The molecular formula is C29H40FN7O. The van der Waals surface area contributed by atoms with Gasteiger partial charge in [0.15, 0.2) is 11.6 Å². The molecule has 4 atom stereocenters. The van der Waals surface area contributed by atoms with Gasteiger partial charge in [0, 0.05) is 23.2 Å². The minimum absolute atomic E-state index is 0.00859. The van der Waals surface area contributed by atoms with Gasteiger partial charge in [-0.3, -0.25) is 9.48 Å². The molecule has 5 rings (SSSR count). The average molecular weight is 522 g/mol. The first-order chi connectivity index (χ1) is 18.0. The van der Waals surface area contributed by atoms with Crippen molar-refractivity contribution in [1.82, 2.24) is 14.8 Å². The van der Waals surface area contributed by atoms with E-state index in [1.165, 1.54) is 12.8 Å². The van der Waals surface area contributed by atoms with Crippen molar-refractivity contribution in [1.29, 1.82) is 0 Å². The summed E-state index contributed by atoms with van der Waals surface area (Å²) >= 11 is 0. The molecule has 38 heavy (non-hydrogen) atoms. The third-order valence-electron chi connectivity index (χ3n) is 8.58. The van der Waals surface area contributed by atoms with Crippen molar-refractivity contribution in [3.8, 4) is 0 Å². The van der Waals surface area contributed by atoms with Crippen LogP contribution in [-0.2, 0) is 6.42 Å². The molecule has 0 spiro atoms. The molecule has 0 saturated heterocycles. The van der Waals surface area contributed by atoms with Crippen LogP contribution in [0.1, 0.15) is 82.4 Å². The predicted molar refractivity (Wildman–Crippen MR) is 150 cm³/mol. The average Bonchev–Trinajstić information content (AvgIpc) is 3.72. The second-order valence-electron chi connectivity index (χ2n) is 11.9. The lowest BCUT2D eigenvalue weighted by molar-refractivity contribution is 0.100. The molecule has 6 N–H and O–H groups in total. The van der Waals surface area contributed by atoms with Gasteiger partial charge in [0.2, 0.25) is 0 Å². The molecule has 2 unspecified atom stereocenters. The number of benzene rings is 1. The standard InChI is InChI=1S/C29H40FN7O/c1-6-7-22-19-13-18(10-11-24(19)37(36-22)25-15(2)29(25,4)5)33-27-20(26(32)38)14-21(30)28(35-27)34-23(16(3)31)12-17-8-9-17/h10-11,13-17,23,25H,6-9,12,31H2,1-5H3,(H2,32,38)(H2,33,34,35)/t15?,16-,23+,25?/m0/s1. The lowest BCUT2D eigenvalue weighted by atomic mass is 10.0. The zero-order valence-corrected chi connectivity index (χ0v) is 23.0. The fourth-order valence-corrected chi connectivity index (χ4v) is 5.61. The zero-order valence-electron chi connectivity index (χ0n) is 23.0. The number of nitrogens with zero attached hydrogens (tertiary/aromatic N) is 3. The molecule has 0 bridgehead atoms. The van der Waals surface area contributed by atoms with E-state index in [9.17, 15) is 4.79 Å². The molecular weight excluding hydrogens is 481 g/mol. The van der Waals surface area contributed by atoms with E-state index in [1.807, 2.05) is 19.1 Å². The summed E-state index contributed by atoms with van der Waals surface area (Å²) in [6.07, 6.45) is 5.05. The Morgan fingerprint density at radius 3 is 2.55 bits per heavy atom. The van der Waals surface area contributed by atoms with Crippen LogP contribution < -0.4 is 22.1 Å². The highest BCUT2D eigenvalue weighted by molar-refractivity contribution is 5.99. The summed E-state index contributed by atoms with van der Waals surface area (Å²) in [5.41, 5.74) is 14.9. The number of fused-ring (bicyclic) bond motifs is 1. The van der Waals surface area contributed by atoms with Crippen LogP contribution in [0.3, 0.4) is 0 Å². The van der Waals surface area contributed by atoms with Crippen molar-refractivity contribution in [3.05, 3.63) is 41.3 Å². The molecule has 2 saturated carbocycles. The van der Waals surface area contributed by atoms with E-state index in [-0.39, 0.29) is 34.7 Å². The molecule has 0 aliphatic heterocycles. The number of carbonyl (C=O) groups is 1. The van der Waals surface area contributed by atoms with Crippen LogP contribution in [0.25, 0.3) is 10.9 Å². The third-order valence-corrected chi connectivity index (χ3v) is 8.58. The summed E-state index contributed by atoms with van der Waals surface area (Å²) < 4.78 is 17.2. The fourth-order valence-electron chi connectivity index (χ4n) is 5.61. The molecule has 2 aromatic heterocycles. The van der Waals surface area contributed by atoms with E-state index in [4.69, 9.17) is 16.6 Å². The quantitative estimate of drug-likeness (QED) is 0.264. The number of aromatic nitrogens is 3. The van der Waals surface area contributed by atoms with E-state index >= 15 is 4.39 Å². The number of primary amides is 1. The Balaban J connectivity index is 1.49. The van der Waals surface area contributed by atoms with Gasteiger partial charge in [0.25, 0.3) is 5.91 Å². The molecule has 2 aliphatic carbocycles. The van der Waals surface area contributed by atoms with E-state index in [0.29, 0.717) is 17.9 Å². The summed E-state index contributed by atoms with van der Waals surface area (Å²) in [4.78, 5) is 16.7. The normalized spacial score (nSPS) is 21.8. The second kappa shape index (κ2) is 9.84. The fraction of sp³-hybridized carbons (Fsp3) is 0.552. The van der Waals surface area contributed by atoms with E-state index < -0.39 is 11.7 Å². The van der Waals surface area contributed by atoms with Crippen LogP contribution in [0, 0.1) is 23.1 Å². The molecule has 0 radical (unpaired) electrons. The number of nitrogens with two attached hydrogens (primary N) is 2. The van der Waals surface area contributed by atoms with Gasteiger partial charge in [-0.05, 0) is 61.3 Å². The van der Waals surface area contributed by atoms with Crippen LogP contribution >= 0.6 is 0 Å². The number of nitrogens with one attached hydrogen (secondary N) is 2. The summed E-state index contributed by atoms with van der Waals surface area (Å²) in [6, 6.07) is 7.23. The maximum atomic E-state index is 15.0. The number of pyridine rings is 1. The highest BCUT2D eigenvalue weighted by Gasteiger charge is 2.57. The van der Waals surface area contributed by atoms with Gasteiger partial charge in [0.1, 0.15) is 5.82 Å². The largest absolute Gasteiger partial charge is 0.365 e. The summed E-state index contributed by atoms with van der Waals surface area (Å²) in [6.45, 7) is 10.9. The molecule has 3 aromatic rings. The molecule has 2 heterocycles. The SMILES string of the molecule is CCCc1nn(C2C(C)C2(C)C)c2ccc(Nc3nc(N[C@H](CC4CC4)[C@H](C)N)c(F)cc3C(N)=O)cc12. The van der Waals surface area contributed by atoms with E-state index in [1.54, 1.807) is 0 Å². The minimum Gasteiger partial charge on any atom is -0.365 e. The molecule has 1 amide bonds. The first-order valence-electron chi connectivity index (χ1n) is 13.8. The van der Waals surface area contributed by atoms with Crippen molar-refractivity contribution in [2.45, 2.75) is 84.8 Å². The Kier molecular flexibility index (Phi) is 6.84. The lowest BCUT2D eigenvalue weighted by Crippen LogP contribution is -2.39. The Labute approximate surface area is 223 Å². The van der Waals surface area contributed by atoms with Gasteiger partial charge in [-0.1, -0.05) is 47.0 Å². The van der Waals surface area contributed by atoms with Crippen LogP contribution in [0.15, 0.2) is 24.3 Å². The zero-order chi connectivity index (χ0) is 27.4. The first-order valence-corrected chi connectivity index (χ1v) is 13.8. The molecule has 2 aliphatic rings. The van der Waals surface area contributed by atoms with Gasteiger partial charge < -0.3 is 22.1 Å². The van der Waals surface area contributed by atoms with Crippen LogP contribution in [0.5, 0.6) is 0 Å². The van der Waals surface area contributed by atoms with Crippen LogP contribution in [0.2, 0.25) is 0 Å². The predicted octanol–water partition coefficient (Wildman–Crippen LogP) is 5.51. The molecule has 2 fully saturated rings. The van der Waals surface area contributed by atoms with Crippen molar-refractivity contribution >= 4 is 34.1 Å². The highest BCUT2D eigenvalue weighted by Crippen LogP contribution is 2.61. The number of rotatable bonds is 11. The monoisotopic (exact) mass is 521 g/mol. The minimum atomic E-state index is -0.752. The summed E-state index contributed by atoms with van der Waals surface area (Å²) in [5, 5.41) is 12.5. The Bertz CT molecular complexity index is 1360. The smallest absolute Gasteiger partial charge is 0.252 e. The number of hydrogen-bond acceptors (Lipinski definition) is 6. The van der Waals surface area contributed by atoms with Crippen molar-refractivity contribution in [2.75, 3.05) is 10.6 Å². The molecule has 1 aromatic carbocycles. The van der Waals surface area contributed by atoms with E-state index in [2.05, 4.69) is 54.1 Å². The number of carbonyl (C=O) groups excluding carboxylic acids is 1. The molecule has 8 nitrogen and oxygen atoms in total.